The van der Waals surface area contributed by atoms with Gasteiger partial charge >= 0.3 is 5.97 Å². The van der Waals surface area contributed by atoms with E-state index < -0.39 is 5.97 Å². The van der Waals surface area contributed by atoms with Crippen LogP contribution >= 0.6 is 0 Å². The SMILES string of the molecule is COc1c(Nc2nc(Nc3cnn(CCN(C)C)c3)ncc2C(=O)O)cccc1-c1nc2ccccc2o1. The van der Waals surface area contributed by atoms with Crippen LogP contribution in [0, 0.1) is 0 Å². The van der Waals surface area contributed by atoms with Gasteiger partial charge in [0.1, 0.15) is 11.1 Å². The molecule has 12 heteroatoms. The van der Waals surface area contributed by atoms with Crippen LogP contribution in [-0.4, -0.2) is 68.5 Å². The second-order valence-corrected chi connectivity index (χ2v) is 8.68. The summed E-state index contributed by atoms with van der Waals surface area (Å²) in [7, 11) is 5.51. The van der Waals surface area contributed by atoms with Crippen LogP contribution < -0.4 is 15.4 Å². The largest absolute Gasteiger partial charge is 0.494 e. The molecule has 3 heterocycles. The molecular weight excluding hydrogens is 488 g/mol. The molecule has 0 aliphatic carbocycles. The van der Waals surface area contributed by atoms with Crippen molar-refractivity contribution < 1.29 is 19.1 Å². The van der Waals surface area contributed by atoms with Crippen molar-refractivity contribution in [3.05, 3.63) is 66.6 Å². The molecule has 3 aromatic heterocycles. The first-order chi connectivity index (χ1) is 18.4. The summed E-state index contributed by atoms with van der Waals surface area (Å²) in [4.78, 5) is 27.2. The summed E-state index contributed by atoms with van der Waals surface area (Å²) >= 11 is 0. The summed E-state index contributed by atoms with van der Waals surface area (Å²) in [6.45, 7) is 1.56. The van der Waals surface area contributed by atoms with E-state index in [1.54, 1.807) is 23.0 Å². The Morgan fingerprint density at radius 2 is 1.95 bits per heavy atom. The highest BCUT2D eigenvalue weighted by Crippen LogP contribution is 2.38. The number of methoxy groups -OCH3 is 1. The molecule has 2 aromatic carbocycles. The van der Waals surface area contributed by atoms with Crippen LogP contribution in [0.25, 0.3) is 22.6 Å². The minimum Gasteiger partial charge on any atom is -0.494 e. The molecule has 0 amide bonds. The Morgan fingerprint density at radius 3 is 2.71 bits per heavy atom. The Hall–Kier alpha value is -4.97. The lowest BCUT2D eigenvalue weighted by Crippen LogP contribution is -2.18. The standard InChI is InChI=1S/C26H26N8O4/c1-33(2)11-12-34-15-16(13-28-34)29-26-27-14-18(25(35)36)23(32-26)30-20-9-6-7-17(22(20)37-3)24-31-19-8-4-5-10-21(19)38-24/h4-10,13-15H,11-12H2,1-3H3,(H,35,36)(H2,27,29,30,32). The van der Waals surface area contributed by atoms with Gasteiger partial charge in [-0.15, -0.1) is 0 Å². The molecule has 194 valence electrons. The van der Waals surface area contributed by atoms with E-state index in [0.717, 1.165) is 13.1 Å². The molecule has 0 saturated heterocycles. The number of carboxylic acids is 1. The smallest absolute Gasteiger partial charge is 0.341 e. The van der Waals surface area contributed by atoms with E-state index in [1.165, 1.54) is 13.3 Å². The molecular formula is C26H26N8O4. The number of aromatic nitrogens is 5. The van der Waals surface area contributed by atoms with Crippen molar-refractivity contribution >= 4 is 40.2 Å². The van der Waals surface area contributed by atoms with E-state index in [1.807, 2.05) is 50.6 Å². The average molecular weight is 515 g/mol. The van der Waals surface area contributed by atoms with E-state index in [9.17, 15) is 9.90 Å². The molecule has 0 radical (unpaired) electrons. The number of rotatable bonds is 10. The number of oxazole rings is 1. The third-order valence-electron chi connectivity index (χ3n) is 5.68. The Balaban J connectivity index is 1.45. The highest BCUT2D eigenvalue weighted by molar-refractivity contribution is 5.94. The quantitative estimate of drug-likeness (QED) is 0.246. The molecule has 3 N–H and O–H groups in total. The molecule has 0 unspecified atom stereocenters. The van der Waals surface area contributed by atoms with Gasteiger partial charge in [-0.2, -0.15) is 10.1 Å². The third-order valence-corrected chi connectivity index (χ3v) is 5.68. The van der Waals surface area contributed by atoms with E-state index in [2.05, 4.69) is 35.6 Å². The number of anilines is 4. The predicted molar refractivity (Wildman–Crippen MR) is 142 cm³/mol. The first kappa shape index (κ1) is 24.7. The van der Waals surface area contributed by atoms with E-state index in [0.29, 0.717) is 39.7 Å². The van der Waals surface area contributed by atoms with Gasteiger partial charge < -0.3 is 29.8 Å². The molecule has 0 aliphatic rings. The average Bonchev–Trinajstić information content (AvgIpc) is 3.54. The number of benzene rings is 2. The minimum absolute atomic E-state index is 0.0861. The molecule has 0 saturated carbocycles. The number of ether oxygens (including phenoxy) is 1. The van der Waals surface area contributed by atoms with Gasteiger partial charge in [-0.1, -0.05) is 18.2 Å². The second-order valence-electron chi connectivity index (χ2n) is 8.68. The fourth-order valence-electron chi connectivity index (χ4n) is 3.81. The van der Waals surface area contributed by atoms with Crippen molar-refractivity contribution in [1.29, 1.82) is 0 Å². The summed E-state index contributed by atoms with van der Waals surface area (Å²) in [6.07, 6.45) is 4.73. The molecule has 0 bridgehead atoms. The number of nitrogens with zero attached hydrogens (tertiary/aromatic N) is 6. The maximum absolute atomic E-state index is 11.9. The van der Waals surface area contributed by atoms with Gasteiger partial charge in [0.2, 0.25) is 11.8 Å². The number of likely N-dealkylation sites (N-methyl/N-ethyl adjacent to an activating group) is 1. The molecule has 0 atom stereocenters. The van der Waals surface area contributed by atoms with Gasteiger partial charge in [0.15, 0.2) is 17.2 Å². The Morgan fingerprint density at radius 1 is 1.11 bits per heavy atom. The lowest BCUT2D eigenvalue weighted by atomic mass is 10.1. The van der Waals surface area contributed by atoms with Crippen molar-refractivity contribution in [3.63, 3.8) is 0 Å². The highest BCUT2D eigenvalue weighted by atomic mass is 16.5. The van der Waals surface area contributed by atoms with Crippen molar-refractivity contribution in [2.75, 3.05) is 38.4 Å². The number of carboxylic acid groups (broad SMARTS) is 1. The fraction of sp³-hybridized carbons (Fsp3) is 0.192. The summed E-state index contributed by atoms with van der Waals surface area (Å²) in [5.41, 5.74) is 3.01. The molecule has 12 nitrogen and oxygen atoms in total. The molecule has 5 aromatic rings. The first-order valence-corrected chi connectivity index (χ1v) is 11.8. The zero-order chi connectivity index (χ0) is 26.6. The number of nitrogens with one attached hydrogen (secondary N) is 2. The first-order valence-electron chi connectivity index (χ1n) is 11.8. The molecule has 0 aliphatic heterocycles. The lowest BCUT2D eigenvalue weighted by Gasteiger charge is -2.15. The second kappa shape index (κ2) is 10.6. The van der Waals surface area contributed by atoms with Gasteiger partial charge in [0.05, 0.1) is 36.8 Å². The van der Waals surface area contributed by atoms with Crippen molar-refractivity contribution in [1.82, 2.24) is 29.6 Å². The fourth-order valence-corrected chi connectivity index (χ4v) is 3.81. The lowest BCUT2D eigenvalue weighted by molar-refractivity contribution is 0.0697. The zero-order valence-electron chi connectivity index (χ0n) is 21.0. The Labute approximate surface area is 217 Å². The van der Waals surface area contributed by atoms with Crippen molar-refractivity contribution in [2.45, 2.75) is 6.54 Å². The molecule has 0 spiro atoms. The van der Waals surface area contributed by atoms with Crippen LogP contribution in [0.3, 0.4) is 0 Å². The van der Waals surface area contributed by atoms with Gasteiger partial charge in [-0.3, -0.25) is 4.68 Å². The van der Waals surface area contributed by atoms with Crippen molar-refractivity contribution in [3.8, 4) is 17.2 Å². The molecule has 38 heavy (non-hydrogen) atoms. The van der Waals surface area contributed by atoms with E-state index in [-0.39, 0.29) is 17.3 Å². The topological polar surface area (TPSA) is 143 Å². The number of carbonyl (C=O) groups is 1. The van der Waals surface area contributed by atoms with Gasteiger partial charge in [0, 0.05) is 18.9 Å². The van der Waals surface area contributed by atoms with Crippen LogP contribution in [0.4, 0.5) is 23.1 Å². The minimum atomic E-state index is -1.18. The van der Waals surface area contributed by atoms with Crippen LogP contribution in [0.1, 0.15) is 10.4 Å². The van der Waals surface area contributed by atoms with Crippen LogP contribution in [0.15, 0.2) is 65.5 Å². The number of fused-ring (bicyclic) bond motifs is 1. The van der Waals surface area contributed by atoms with E-state index in [4.69, 9.17) is 9.15 Å². The number of aromatic carboxylic acids is 1. The maximum Gasteiger partial charge on any atom is 0.341 e. The number of hydrogen-bond acceptors (Lipinski definition) is 10. The Bertz CT molecular complexity index is 1560. The third kappa shape index (κ3) is 5.25. The Kier molecular flexibility index (Phi) is 6.87. The van der Waals surface area contributed by atoms with Crippen LogP contribution in [0.2, 0.25) is 0 Å². The maximum atomic E-state index is 11.9. The summed E-state index contributed by atoms with van der Waals surface area (Å²) in [6, 6.07) is 12.8. The number of hydrogen-bond donors (Lipinski definition) is 3. The zero-order valence-corrected chi connectivity index (χ0v) is 21.0. The summed E-state index contributed by atoms with van der Waals surface area (Å²) in [5.74, 6) is -0.0847. The molecule has 0 fully saturated rings. The van der Waals surface area contributed by atoms with Crippen LogP contribution in [0.5, 0.6) is 5.75 Å². The summed E-state index contributed by atoms with van der Waals surface area (Å²) in [5, 5.41) is 20.3. The van der Waals surface area contributed by atoms with E-state index >= 15 is 0 Å². The monoisotopic (exact) mass is 514 g/mol. The predicted octanol–water partition coefficient (Wildman–Crippen LogP) is 4.24. The van der Waals surface area contributed by atoms with Crippen molar-refractivity contribution in [2.24, 2.45) is 0 Å². The van der Waals surface area contributed by atoms with Gasteiger partial charge in [-0.25, -0.2) is 14.8 Å². The van der Waals surface area contributed by atoms with Crippen LogP contribution in [-0.2, 0) is 6.54 Å². The van der Waals surface area contributed by atoms with Gasteiger partial charge in [-0.05, 0) is 38.4 Å². The number of para-hydroxylation sites is 3. The van der Waals surface area contributed by atoms with Gasteiger partial charge in [0.25, 0.3) is 0 Å². The molecule has 5 rings (SSSR count). The summed E-state index contributed by atoms with van der Waals surface area (Å²) < 4.78 is 13.4. The normalized spacial score (nSPS) is 11.2. The highest BCUT2D eigenvalue weighted by Gasteiger charge is 2.20.